The molecule has 4 amide bonds. The van der Waals surface area contributed by atoms with Gasteiger partial charge in [0.25, 0.3) is 23.6 Å². The van der Waals surface area contributed by atoms with Crippen LogP contribution < -0.4 is 22.9 Å². The van der Waals surface area contributed by atoms with E-state index in [1.165, 1.54) is 28.2 Å². The van der Waals surface area contributed by atoms with Gasteiger partial charge in [-0.3, -0.25) is 19.2 Å². The number of piperazine rings is 1. The Morgan fingerprint density at radius 2 is 0.451 bits per heavy atom. The van der Waals surface area contributed by atoms with Crippen molar-refractivity contribution in [3.63, 3.8) is 0 Å². The smallest absolute Gasteiger partial charge is 0.253 e. The molecule has 0 radical (unpaired) electrons. The number of hydrogen-bond donors (Lipinski definition) is 4. The Kier molecular flexibility index (Phi) is 68.2. The van der Waals surface area contributed by atoms with Crippen LogP contribution in [-0.2, 0) is 0 Å². The van der Waals surface area contributed by atoms with E-state index in [-0.39, 0.29) is 23.6 Å². The van der Waals surface area contributed by atoms with Crippen molar-refractivity contribution in [1.82, 2.24) is 19.6 Å². The van der Waals surface area contributed by atoms with Gasteiger partial charge >= 0.3 is 0 Å². The molecule has 4 aromatic carbocycles. The third kappa shape index (κ3) is 32.2. The molecule has 3 aliphatic rings. The van der Waals surface area contributed by atoms with Crippen LogP contribution in [0.1, 0.15) is 159 Å². The predicted molar refractivity (Wildman–Crippen MR) is 312 cm³/mol. The van der Waals surface area contributed by atoms with Crippen LogP contribution in [0.25, 0.3) is 0 Å². The Morgan fingerprint density at radius 3 is 0.620 bits per heavy atom. The van der Waals surface area contributed by atoms with Crippen molar-refractivity contribution in [2.24, 2.45) is 34.8 Å². The van der Waals surface area contributed by atoms with Crippen LogP contribution in [0.3, 0.4) is 0 Å². The zero-order chi connectivity index (χ0) is 56.6. The number of fused-ring (bicyclic) bond motifs is 2. The fourth-order valence-corrected chi connectivity index (χ4v) is 6.78. The minimum atomic E-state index is 0.0346. The van der Waals surface area contributed by atoms with E-state index in [2.05, 4.69) is 22.9 Å². The first-order chi connectivity index (χ1) is 35.0. The van der Waals surface area contributed by atoms with Gasteiger partial charge < -0.3 is 42.5 Å². The zero-order valence-corrected chi connectivity index (χ0v) is 48.8. The Labute approximate surface area is 436 Å². The SMILES string of the molecule is CC.CC.CC.CC.CC.CC.CC.CC.CN.CN.CN.CN.O=C(c1ccccc1)N1CC2CC(C1)CN(C(=O)c1ccccc1)C2.O=C(c1ccccc1)N1CCN(C(=O)c2ccccc2)CC1. The number of nitrogens with two attached hydrogens (primary N) is 4. The standard InChI is InChI=1S/C21H22N2O2.C18H18N2O2.8C2H6.4CH5N/c24-20(18-7-3-1-4-8-18)22-12-16-11-17(13-22)15-23(14-16)21(25)19-9-5-2-6-10-19;21-17(15-7-3-1-4-8-15)19-11-13-20(14-12-19)18(22)16-9-5-2-6-10-16;12*1-2/h1-10,16-17H,11-15H2;1-10H,11-14H2;8*1-2H3;4*2H2,1H3. The summed E-state index contributed by atoms with van der Waals surface area (Å²) in [6.07, 6.45) is 1.11. The molecule has 0 saturated carbocycles. The van der Waals surface area contributed by atoms with E-state index in [1.54, 1.807) is 0 Å². The lowest BCUT2D eigenvalue weighted by Crippen LogP contribution is -2.55. The van der Waals surface area contributed by atoms with Crippen molar-refractivity contribution in [3.8, 4) is 0 Å². The van der Waals surface area contributed by atoms with Gasteiger partial charge in [0.15, 0.2) is 0 Å². The molecule has 4 aromatic rings. The highest BCUT2D eigenvalue weighted by atomic mass is 16.2. The lowest BCUT2D eigenvalue weighted by molar-refractivity contribution is 0.0241. The molecule has 0 unspecified atom stereocenters. The second-order valence-corrected chi connectivity index (χ2v) is 12.4. The molecule has 71 heavy (non-hydrogen) atoms. The van der Waals surface area contributed by atoms with Gasteiger partial charge in [-0.15, -0.1) is 0 Å². The molecule has 0 aliphatic carbocycles. The van der Waals surface area contributed by atoms with Gasteiger partial charge in [0, 0.05) is 74.6 Å². The monoisotopic (exact) mass is 993 g/mol. The zero-order valence-electron chi connectivity index (χ0n) is 48.8. The molecule has 12 nitrogen and oxygen atoms in total. The number of hydrogen-bond acceptors (Lipinski definition) is 8. The number of carbonyl (C=O) groups excluding carboxylic acids is 4. The van der Waals surface area contributed by atoms with E-state index in [9.17, 15) is 19.2 Å². The van der Waals surface area contributed by atoms with E-state index < -0.39 is 0 Å². The predicted octanol–water partition coefficient (Wildman–Crippen LogP) is 11.7. The molecule has 8 N–H and O–H groups in total. The van der Waals surface area contributed by atoms with E-state index in [1.807, 2.05) is 252 Å². The molecule has 12 heteroatoms. The maximum Gasteiger partial charge on any atom is 0.253 e. The maximum absolute atomic E-state index is 12.7. The Morgan fingerprint density at radius 1 is 0.296 bits per heavy atom. The third-order valence-corrected chi connectivity index (χ3v) is 9.09. The van der Waals surface area contributed by atoms with Crippen molar-refractivity contribution < 1.29 is 19.2 Å². The van der Waals surface area contributed by atoms with Gasteiger partial charge in [-0.05, 0) is 95.0 Å². The number of nitrogens with zero attached hydrogens (tertiary/aromatic N) is 4. The van der Waals surface area contributed by atoms with Crippen molar-refractivity contribution in [3.05, 3.63) is 144 Å². The summed E-state index contributed by atoms with van der Waals surface area (Å²) >= 11 is 0. The molecule has 0 spiro atoms. The summed E-state index contributed by atoms with van der Waals surface area (Å²) in [7, 11) is 6.00. The van der Waals surface area contributed by atoms with Gasteiger partial charge in [-0.25, -0.2) is 0 Å². The van der Waals surface area contributed by atoms with Crippen LogP contribution in [-0.4, -0.2) is 124 Å². The fraction of sp³-hybridized carbons (Fsp3) is 0.525. The molecular weight excluding hydrogens is 885 g/mol. The molecule has 0 aromatic heterocycles. The molecule has 2 bridgehead atoms. The quantitative estimate of drug-likeness (QED) is 0.156. The normalized spacial score (nSPS) is 13.5. The average molecular weight is 994 g/mol. The van der Waals surface area contributed by atoms with Crippen LogP contribution in [0.5, 0.6) is 0 Å². The van der Waals surface area contributed by atoms with E-state index >= 15 is 0 Å². The Balaban J connectivity index is -0.000000163. The van der Waals surface area contributed by atoms with Crippen LogP contribution in [0.15, 0.2) is 121 Å². The first-order valence-electron chi connectivity index (χ1n) is 26.6. The van der Waals surface area contributed by atoms with Crippen molar-refractivity contribution in [2.75, 3.05) is 80.5 Å². The number of amides is 4. The average Bonchev–Trinajstić information content (AvgIpc) is 3.51. The van der Waals surface area contributed by atoms with E-state index in [0.29, 0.717) is 49.1 Å². The summed E-state index contributed by atoms with van der Waals surface area (Å²) in [5, 5.41) is 0. The topological polar surface area (TPSA) is 185 Å². The molecule has 408 valence electrons. The van der Waals surface area contributed by atoms with Crippen LogP contribution in [0, 0.1) is 11.8 Å². The summed E-state index contributed by atoms with van der Waals surface area (Å²) < 4.78 is 0. The first-order valence-corrected chi connectivity index (χ1v) is 26.6. The van der Waals surface area contributed by atoms with E-state index in [4.69, 9.17) is 0 Å². The maximum atomic E-state index is 12.7. The van der Waals surface area contributed by atoms with Gasteiger partial charge in [-0.2, -0.15) is 0 Å². The summed E-state index contributed by atoms with van der Waals surface area (Å²) in [6, 6.07) is 37.5. The number of benzene rings is 4. The van der Waals surface area contributed by atoms with Gasteiger partial charge in [0.1, 0.15) is 0 Å². The highest BCUT2D eigenvalue weighted by molar-refractivity contribution is 5.96. The van der Waals surface area contributed by atoms with Crippen LogP contribution in [0.4, 0.5) is 0 Å². The molecule has 0 atom stereocenters. The minimum absolute atomic E-state index is 0.0346. The number of rotatable bonds is 4. The molecular formula is C59H108N8O4. The van der Waals surface area contributed by atoms with E-state index in [0.717, 1.165) is 43.7 Å². The fourth-order valence-electron chi connectivity index (χ4n) is 6.78. The molecule has 7 rings (SSSR count). The summed E-state index contributed by atoms with van der Waals surface area (Å²) in [6.45, 7) is 37.3. The van der Waals surface area contributed by atoms with Crippen molar-refractivity contribution in [1.29, 1.82) is 0 Å². The van der Waals surface area contributed by atoms with Gasteiger partial charge in [0.2, 0.25) is 0 Å². The molecule has 3 heterocycles. The van der Waals surface area contributed by atoms with Crippen molar-refractivity contribution >= 4 is 23.6 Å². The highest BCUT2D eigenvalue weighted by Gasteiger charge is 2.37. The lowest BCUT2D eigenvalue weighted by Gasteiger charge is -2.45. The molecule has 3 aliphatic heterocycles. The van der Waals surface area contributed by atoms with Crippen LogP contribution in [0.2, 0.25) is 0 Å². The lowest BCUT2D eigenvalue weighted by atomic mass is 9.84. The summed E-state index contributed by atoms with van der Waals surface area (Å²) in [5.41, 5.74) is 20.9. The number of piperidine rings is 2. The minimum Gasteiger partial charge on any atom is -0.338 e. The van der Waals surface area contributed by atoms with Gasteiger partial charge in [-0.1, -0.05) is 184 Å². The third-order valence-electron chi connectivity index (χ3n) is 9.09. The highest BCUT2D eigenvalue weighted by Crippen LogP contribution is 2.30. The molecule has 3 fully saturated rings. The second kappa shape index (κ2) is 60.7. The molecule has 3 saturated heterocycles. The van der Waals surface area contributed by atoms with Crippen LogP contribution >= 0.6 is 0 Å². The summed E-state index contributed by atoms with van der Waals surface area (Å²) in [4.78, 5) is 57.7. The Hall–Kier alpha value is -5.40. The van der Waals surface area contributed by atoms with Gasteiger partial charge in [0.05, 0.1) is 0 Å². The number of carbonyl (C=O) groups is 4. The summed E-state index contributed by atoms with van der Waals surface area (Å²) in [5.74, 6) is 1.02. The number of likely N-dealkylation sites (tertiary alicyclic amines) is 2. The van der Waals surface area contributed by atoms with Crippen molar-refractivity contribution in [2.45, 2.75) is 117 Å². The Bertz CT molecular complexity index is 1540. The second-order valence-electron chi connectivity index (χ2n) is 12.4. The largest absolute Gasteiger partial charge is 0.338 e. The first kappa shape index (κ1) is 79.7.